The molecule has 1 atom stereocenters. The topological polar surface area (TPSA) is 40.5 Å². The molecular weight excluding hydrogens is 224 g/mol. The minimum Gasteiger partial charge on any atom is -0.396 e. The molecule has 0 aliphatic carbocycles. The van der Waals surface area contributed by atoms with Crippen molar-refractivity contribution in [3.8, 4) is 0 Å². The summed E-state index contributed by atoms with van der Waals surface area (Å²) in [6.45, 7) is 2.22. The van der Waals surface area contributed by atoms with Crippen molar-refractivity contribution in [3.05, 3.63) is 0 Å². The molecule has 2 heteroatoms. The molecule has 2 nitrogen and oxygen atoms in total. The third-order valence-electron chi connectivity index (χ3n) is 3.06. The molecule has 0 heterocycles. The van der Waals surface area contributed by atoms with E-state index in [-0.39, 0.29) is 13.0 Å². The molecule has 0 radical (unpaired) electrons. The van der Waals surface area contributed by atoms with Gasteiger partial charge in [-0.05, 0) is 19.2 Å². The lowest BCUT2D eigenvalue weighted by Gasteiger charge is -2.09. The molecule has 0 spiro atoms. The van der Waals surface area contributed by atoms with Crippen molar-refractivity contribution in [2.24, 2.45) is 0 Å². The van der Waals surface area contributed by atoms with Gasteiger partial charge in [-0.25, -0.2) is 0 Å². The Bertz CT molecular complexity index is 273. The standard InChI is InChI=1S/C16H34O2/c1-2-3-13-16(18)14-11-9-7-5-4-6-8-10-12-15-17/h16-18H,2-15H2,1H3/t16-/m0/s1/i11D2,14D2. The van der Waals surface area contributed by atoms with Gasteiger partial charge in [0, 0.05) is 12.1 Å². The predicted octanol–water partition coefficient (Wildman–Crippen LogP) is 4.43. The molecule has 0 unspecified atom stereocenters. The Kier molecular flexibility index (Phi) is 9.76. The van der Waals surface area contributed by atoms with Crippen molar-refractivity contribution in [2.75, 3.05) is 6.61 Å². The van der Waals surface area contributed by atoms with E-state index < -0.39 is 18.8 Å². The first kappa shape index (κ1) is 11.7. The van der Waals surface area contributed by atoms with Crippen molar-refractivity contribution in [3.63, 3.8) is 0 Å². The Balaban J connectivity index is 4.00. The number of hydrogen-bond acceptors (Lipinski definition) is 2. The summed E-state index contributed by atoms with van der Waals surface area (Å²) in [6, 6.07) is 0. The van der Waals surface area contributed by atoms with Crippen LogP contribution in [0, 0.1) is 0 Å². The lowest BCUT2D eigenvalue weighted by atomic mass is 10.0. The average Bonchev–Trinajstić information content (AvgIpc) is 2.47. The maximum atomic E-state index is 9.93. The van der Waals surface area contributed by atoms with Gasteiger partial charge < -0.3 is 10.2 Å². The van der Waals surface area contributed by atoms with Crippen molar-refractivity contribution in [2.45, 2.75) is 96.4 Å². The van der Waals surface area contributed by atoms with Gasteiger partial charge in [-0.15, -0.1) is 0 Å². The highest BCUT2D eigenvalue weighted by atomic mass is 16.3. The second-order valence-corrected chi connectivity index (χ2v) is 4.93. The number of unbranched alkanes of at least 4 members (excludes halogenated alkanes) is 7. The molecule has 0 aliphatic heterocycles. The van der Waals surface area contributed by atoms with Crippen LogP contribution >= 0.6 is 0 Å². The summed E-state index contributed by atoms with van der Waals surface area (Å²) in [5.74, 6) is 0. The van der Waals surface area contributed by atoms with E-state index in [2.05, 4.69) is 0 Å². The molecule has 0 rings (SSSR count). The summed E-state index contributed by atoms with van der Waals surface area (Å²) in [6.07, 6.45) is 3.22. The minimum absolute atomic E-state index is 0.153. The Morgan fingerprint density at radius 1 is 0.889 bits per heavy atom. The highest BCUT2D eigenvalue weighted by Crippen LogP contribution is 2.13. The molecule has 0 aliphatic rings. The lowest BCUT2D eigenvalue weighted by Crippen LogP contribution is -2.05. The first-order valence-electron chi connectivity index (χ1n) is 9.58. The van der Waals surface area contributed by atoms with E-state index in [1.54, 1.807) is 0 Å². The molecule has 110 valence electrons. The van der Waals surface area contributed by atoms with Crippen molar-refractivity contribution < 1.29 is 15.7 Å². The van der Waals surface area contributed by atoms with Crippen LogP contribution < -0.4 is 0 Å². The summed E-state index contributed by atoms with van der Waals surface area (Å²) >= 11 is 0. The van der Waals surface area contributed by atoms with Crippen LogP contribution in [0.4, 0.5) is 0 Å². The van der Waals surface area contributed by atoms with E-state index in [0.717, 1.165) is 44.9 Å². The van der Waals surface area contributed by atoms with Gasteiger partial charge in [0.1, 0.15) is 0 Å². The van der Waals surface area contributed by atoms with Gasteiger partial charge >= 0.3 is 0 Å². The van der Waals surface area contributed by atoms with Crippen molar-refractivity contribution >= 4 is 0 Å². The molecule has 0 aromatic rings. The zero-order chi connectivity index (χ0) is 17.1. The number of hydrogen-bond donors (Lipinski definition) is 2. The smallest absolute Gasteiger partial charge is 0.0540 e. The van der Waals surface area contributed by atoms with Gasteiger partial charge in [0.05, 0.1) is 6.10 Å². The monoisotopic (exact) mass is 262 g/mol. The normalized spacial score (nSPS) is 17.7. The first-order valence-corrected chi connectivity index (χ1v) is 7.58. The van der Waals surface area contributed by atoms with Crippen LogP contribution in [0.1, 0.15) is 95.8 Å². The van der Waals surface area contributed by atoms with Crippen LogP contribution in [-0.2, 0) is 0 Å². The molecule has 2 N–H and O–H groups in total. The summed E-state index contributed by atoms with van der Waals surface area (Å²) in [5.41, 5.74) is 0. The van der Waals surface area contributed by atoms with Gasteiger partial charge in [-0.3, -0.25) is 0 Å². The molecule has 0 saturated carbocycles. The second kappa shape index (κ2) is 15.0. The molecular formula is C16H34O2. The lowest BCUT2D eigenvalue weighted by molar-refractivity contribution is 0.148. The van der Waals surface area contributed by atoms with Crippen LogP contribution in [0.15, 0.2) is 0 Å². The quantitative estimate of drug-likeness (QED) is 0.455. The van der Waals surface area contributed by atoms with E-state index in [0.29, 0.717) is 19.3 Å². The molecule has 0 aromatic carbocycles. The fourth-order valence-corrected chi connectivity index (χ4v) is 1.87. The van der Waals surface area contributed by atoms with Crippen LogP contribution in [0.3, 0.4) is 0 Å². The van der Waals surface area contributed by atoms with Gasteiger partial charge in [-0.1, -0.05) is 71.1 Å². The van der Waals surface area contributed by atoms with Crippen LogP contribution in [0.25, 0.3) is 0 Å². The third kappa shape index (κ3) is 14.0. The Labute approximate surface area is 119 Å². The van der Waals surface area contributed by atoms with Crippen molar-refractivity contribution in [1.29, 1.82) is 0 Å². The largest absolute Gasteiger partial charge is 0.396 e. The van der Waals surface area contributed by atoms with Crippen LogP contribution in [0.5, 0.6) is 0 Å². The van der Waals surface area contributed by atoms with Gasteiger partial charge in [-0.2, -0.15) is 0 Å². The first-order chi connectivity index (χ1) is 10.3. The highest BCUT2D eigenvalue weighted by Gasteiger charge is 2.02. The van der Waals surface area contributed by atoms with Crippen LogP contribution in [-0.4, -0.2) is 22.9 Å². The zero-order valence-corrected chi connectivity index (χ0v) is 12.0. The molecule has 0 fully saturated rings. The maximum Gasteiger partial charge on any atom is 0.0540 e. The molecule has 0 amide bonds. The third-order valence-corrected chi connectivity index (χ3v) is 3.06. The van der Waals surface area contributed by atoms with Gasteiger partial charge in [0.15, 0.2) is 0 Å². The SMILES string of the molecule is [2H]C([2H])(CCCCCCCCCO)C([2H])([2H])[C@@H](O)CCCC. The maximum absolute atomic E-state index is 9.93. The Morgan fingerprint density at radius 2 is 1.44 bits per heavy atom. The van der Waals surface area contributed by atoms with E-state index in [1.807, 2.05) is 6.92 Å². The van der Waals surface area contributed by atoms with E-state index >= 15 is 0 Å². The predicted molar refractivity (Wildman–Crippen MR) is 78.8 cm³/mol. The highest BCUT2D eigenvalue weighted by molar-refractivity contribution is 4.56. The Hall–Kier alpha value is -0.0800. The minimum atomic E-state index is -2.19. The number of aliphatic hydroxyl groups excluding tert-OH is 2. The Morgan fingerprint density at radius 3 is 2.00 bits per heavy atom. The fraction of sp³-hybridized carbons (Fsp3) is 1.00. The fourth-order valence-electron chi connectivity index (χ4n) is 1.87. The molecule has 0 aromatic heterocycles. The van der Waals surface area contributed by atoms with E-state index in [9.17, 15) is 5.11 Å². The number of aliphatic hydroxyl groups is 2. The van der Waals surface area contributed by atoms with Gasteiger partial charge in [0.2, 0.25) is 0 Å². The molecule has 0 bridgehead atoms. The van der Waals surface area contributed by atoms with E-state index in [4.69, 9.17) is 10.6 Å². The van der Waals surface area contributed by atoms with E-state index in [1.165, 1.54) is 0 Å². The van der Waals surface area contributed by atoms with Crippen molar-refractivity contribution in [1.82, 2.24) is 0 Å². The van der Waals surface area contributed by atoms with Gasteiger partial charge in [0.25, 0.3) is 0 Å². The summed E-state index contributed by atoms with van der Waals surface area (Å²) < 4.78 is 31.8. The summed E-state index contributed by atoms with van der Waals surface area (Å²) in [7, 11) is 0. The average molecular weight is 262 g/mol. The second-order valence-electron chi connectivity index (χ2n) is 4.93. The zero-order valence-electron chi connectivity index (χ0n) is 16.0. The number of rotatable bonds is 14. The molecule has 0 saturated heterocycles. The summed E-state index contributed by atoms with van der Waals surface area (Å²) in [5, 5.41) is 18.6. The summed E-state index contributed by atoms with van der Waals surface area (Å²) in [4.78, 5) is 0. The van der Waals surface area contributed by atoms with Crippen LogP contribution in [0.2, 0.25) is 0 Å². The molecule has 18 heavy (non-hydrogen) atoms.